The first-order valence-corrected chi connectivity index (χ1v) is 1.22. The average Bonchev–Trinajstić information content (AvgIpc) is 0.918. The summed E-state index contributed by atoms with van der Waals surface area (Å²) in [5, 5.41) is 0. The van der Waals surface area contributed by atoms with E-state index in [-0.39, 0.29) is 24.0 Å². The fourth-order valence-corrected chi connectivity index (χ4v) is 0. The molecule has 0 atom stereocenters. The second kappa shape index (κ2) is 9.04. The van der Waals surface area contributed by atoms with Gasteiger partial charge in [-0.25, -0.2) is 0 Å². The Bertz CT molecular complexity index is 27.0. The van der Waals surface area contributed by atoms with E-state index in [1.54, 1.807) is 0 Å². The van der Waals surface area contributed by atoms with E-state index in [1.165, 1.54) is 0 Å². The molecule has 0 aromatic carbocycles. The molecule has 0 rings (SSSR count). The molecule has 0 N–H and O–H groups in total. The zero-order valence-corrected chi connectivity index (χ0v) is 5.69. The van der Waals surface area contributed by atoms with Crippen molar-refractivity contribution in [1.29, 1.82) is 0 Å². The van der Waals surface area contributed by atoms with Gasteiger partial charge < -0.3 is 0 Å². The molecule has 0 unspecified atom stereocenters. The van der Waals surface area contributed by atoms with Gasteiger partial charge in [0.2, 0.25) is 0 Å². The Morgan fingerprint density at radius 3 is 1.25 bits per heavy atom. The SMILES string of the molecule is I.S=C=S. The highest BCUT2D eigenvalue weighted by Crippen LogP contribution is 1.29. The average molecular weight is 204 g/mol. The van der Waals surface area contributed by atoms with Crippen LogP contribution in [0.4, 0.5) is 0 Å². The van der Waals surface area contributed by atoms with E-state index < -0.39 is 0 Å². The fourth-order valence-electron chi connectivity index (χ4n) is 0. The van der Waals surface area contributed by atoms with Crippen molar-refractivity contribution in [3.63, 3.8) is 0 Å². The molecule has 0 radical (unpaired) electrons. The second-order valence-electron chi connectivity index (χ2n) is 0.0833. The first kappa shape index (κ1) is 8.87. The lowest BCUT2D eigenvalue weighted by molar-refractivity contribution is 4.67. The molecule has 0 saturated carbocycles. The van der Waals surface area contributed by atoms with Crippen molar-refractivity contribution >= 4 is 52.7 Å². The van der Waals surface area contributed by atoms with Crippen molar-refractivity contribution in [3.05, 3.63) is 0 Å². The van der Waals surface area contributed by atoms with Crippen LogP contribution < -0.4 is 0 Å². The molecule has 0 amide bonds. The molecule has 3 heteroatoms. The Hall–Kier alpha value is 0.950. The quantitative estimate of drug-likeness (QED) is 0.434. The van der Waals surface area contributed by atoms with Gasteiger partial charge in [0.25, 0.3) is 0 Å². The van der Waals surface area contributed by atoms with Crippen LogP contribution >= 0.6 is 48.4 Å². The minimum Gasteiger partial charge on any atom is -0.107 e. The minimum absolute atomic E-state index is 0. The minimum atomic E-state index is 0. The highest BCUT2D eigenvalue weighted by molar-refractivity contribution is 14.0. The summed E-state index contributed by atoms with van der Waals surface area (Å²) in [6.45, 7) is 0. The highest BCUT2D eigenvalue weighted by atomic mass is 127. The predicted molar refractivity (Wildman–Crippen MR) is 35.6 cm³/mol. The van der Waals surface area contributed by atoms with Crippen LogP contribution in [-0.2, 0) is 0 Å². The lowest BCUT2D eigenvalue weighted by Crippen LogP contribution is -0.917. The second-order valence-corrected chi connectivity index (χ2v) is 0.750. The van der Waals surface area contributed by atoms with Crippen LogP contribution in [0.15, 0.2) is 0 Å². The zero-order chi connectivity index (χ0) is 2.71. The molecule has 0 nitrogen and oxygen atoms in total. The number of halogens is 1. The first-order valence-electron chi connectivity index (χ1n) is 0.408. The molecular weight excluding hydrogens is 203 g/mol. The summed E-state index contributed by atoms with van der Waals surface area (Å²) in [5.74, 6) is 0. The molecule has 0 aromatic heterocycles. The number of hydrogen-bond acceptors (Lipinski definition) is 2. The van der Waals surface area contributed by atoms with Gasteiger partial charge in [0.1, 0.15) is 0 Å². The van der Waals surface area contributed by atoms with Crippen molar-refractivity contribution in [2.75, 3.05) is 0 Å². The molecule has 0 aliphatic heterocycles. The molecule has 0 spiro atoms. The summed E-state index contributed by atoms with van der Waals surface area (Å²) < 4.78 is 1.92. The van der Waals surface area contributed by atoms with E-state index in [9.17, 15) is 0 Å². The van der Waals surface area contributed by atoms with Crippen LogP contribution in [-0.4, -0.2) is 4.31 Å². The van der Waals surface area contributed by atoms with Crippen LogP contribution in [0.25, 0.3) is 0 Å². The summed E-state index contributed by atoms with van der Waals surface area (Å²) in [4.78, 5) is 0. The molecule has 0 saturated heterocycles. The van der Waals surface area contributed by atoms with Gasteiger partial charge in [0.15, 0.2) is 0 Å². The molecule has 0 aliphatic rings. The maximum absolute atomic E-state index is 3.96. The molecule has 0 fully saturated rings. The van der Waals surface area contributed by atoms with Crippen molar-refractivity contribution in [1.82, 2.24) is 0 Å². The van der Waals surface area contributed by atoms with Gasteiger partial charge in [-0.05, 0) is 24.4 Å². The molecule has 0 aliphatic carbocycles. The first-order chi connectivity index (χ1) is 1.41. The Morgan fingerprint density at radius 1 is 1.25 bits per heavy atom. The monoisotopic (exact) mass is 204 g/mol. The topological polar surface area (TPSA) is 0 Å². The number of hydrogen-bond donors (Lipinski definition) is 0. The van der Waals surface area contributed by atoms with Gasteiger partial charge in [0.05, 0.1) is 0 Å². The molecular formula is CHIS2. The van der Waals surface area contributed by atoms with Gasteiger partial charge in [0, 0.05) is 4.31 Å². The van der Waals surface area contributed by atoms with E-state index in [0.29, 0.717) is 0 Å². The van der Waals surface area contributed by atoms with Crippen molar-refractivity contribution in [2.45, 2.75) is 0 Å². The predicted octanol–water partition coefficient (Wildman–Crippen LogP) is 1.64. The van der Waals surface area contributed by atoms with Gasteiger partial charge in [-0.1, -0.05) is 0 Å². The van der Waals surface area contributed by atoms with E-state index in [4.69, 9.17) is 0 Å². The van der Waals surface area contributed by atoms with Gasteiger partial charge >= 0.3 is 0 Å². The van der Waals surface area contributed by atoms with E-state index >= 15 is 0 Å². The van der Waals surface area contributed by atoms with Crippen molar-refractivity contribution in [3.8, 4) is 0 Å². The largest absolute Gasteiger partial charge is 0.107 e. The zero-order valence-electron chi connectivity index (χ0n) is 1.72. The lowest BCUT2D eigenvalue weighted by atomic mass is 12.0. The smallest absolute Gasteiger partial charge is 0.0297 e. The van der Waals surface area contributed by atoms with Crippen LogP contribution in [0.1, 0.15) is 0 Å². The fraction of sp³-hybridized carbons (Fsp3) is 0. The maximum atomic E-state index is 3.96. The van der Waals surface area contributed by atoms with Crippen molar-refractivity contribution in [2.24, 2.45) is 0 Å². The van der Waals surface area contributed by atoms with Crippen LogP contribution in [0.3, 0.4) is 0 Å². The van der Waals surface area contributed by atoms with Crippen LogP contribution in [0.2, 0.25) is 0 Å². The van der Waals surface area contributed by atoms with Crippen LogP contribution in [0, 0.1) is 0 Å². The van der Waals surface area contributed by atoms with E-state index in [0.717, 1.165) is 0 Å². The van der Waals surface area contributed by atoms with Gasteiger partial charge in [-0.15, -0.1) is 24.0 Å². The molecule has 0 bridgehead atoms. The Kier molecular flexibility index (Phi) is 20.1. The van der Waals surface area contributed by atoms with E-state index in [2.05, 4.69) is 24.4 Å². The summed E-state index contributed by atoms with van der Waals surface area (Å²) in [6, 6.07) is 0. The third-order valence-corrected chi connectivity index (χ3v) is 0. The van der Waals surface area contributed by atoms with Gasteiger partial charge in [-0.2, -0.15) is 0 Å². The number of rotatable bonds is 0. The Labute approximate surface area is 52.6 Å². The third kappa shape index (κ3) is 12.4. The third-order valence-electron chi connectivity index (χ3n) is 0. The summed E-state index contributed by atoms with van der Waals surface area (Å²) >= 11 is 7.92. The Morgan fingerprint density at radius 2 is 1.25 bits per heavy atom. The maximum Gasteiger partial charge on any atom is 0.0297 e. The molecule has 0 aromatic rings. The summed E-state index contributed by atoms with van der Waals surface area (Å²) in [7, 11) is 0. The highest BCUT2D eigenvalue weighted by Gasteiger charge is 1.01. The molecule has 0 heterocycles. The normalized spacial score (nSPS) is 2.00. The summed E-state index contributed by atoms with van der Waals surface area (Å²) in [5.41, 5.74) is 0. The lowest BCUT2D eigenvalue weighted by Gasteiger charge is -0.992. The molecule has 24 valence electrons. The standard InChI is InChI=1S/CS2.HI/c2-1-3;/h;1H. The van der Waals surface area contributed by atoms with Crippen LogP contribution in [0.5, 0.6) is 0 Å². The molecule has 4 heavy (non-hydrogen) atoms. The number of thiocarbonyl (C=S) groups is 2. The van der Waals surface area contributed by atoms with Crippen molar-refractivity contribution < 1.29 is 0 Å². The summed E-state index contributed by atoms with van der Waals surface area (Å²) in [6.07, 6.45) is 0. The van der Waals surface area contributed by atoms with Gasteiger partial charge in [-0.3, -0.25) is 0 Å². The van der Waals surface area contributed by atoms with E-state index in [1.807, 2.05) is 4.31 Å². The Balaban J connectivity index is 0.